The zero-order valence-corrected chi connectivity index (χ0v) is 19.1. The van der Waals surface area contributed by atoms with Gasteiger partial charge in [0.1, 0.15) is 6.61 Å². The van der Waals surface area contributed by atoms with E-state index >= 15 is 0 Å². The first kappa shape index (κ1) is 21.0. The SMILES string of the molecule is C#CCOc1c(I)cc(/C=C2\SC(=S)N(c3ccc(Cl)cc3)C2=O)cc1OC. The van der Waals surface area contributed by atoms with Crippen molar-refractivity contribution in [2.24, 2.45) is 0 Å². The van der Waals surface area contributed by atoms with Crippen molar-refractivity contribution in [2.45, 2.75) is 0 Å². The Bertz CT molecular complexity index is 1020. The molecule has 0 aliphatic carbocycles. The number of carbonyl (C=O) groups excluding carboxylic acids is 1. The first-order chi connectivity index (χ1) is 13.4. The van der Waals surface area contributed by atoms with E-state index in [2.05, 4.69) is 28.5 Å². The number of rotatable bonds is 5. The molecule has 1 fully saturated rings. The van der Waals surface area contributed by atoms with Crippen LogP contribution < -0.4 is 14.4 Å². The fourth-order valence-electron chi connectivity index (χ4n) is 2.51. The molecule has 2 aromatic rings. The van der Waals surface area contributed by atoms with E-state index in [0.29, 0.717) is 31.4 Å². The highest BCUT2D eigenvalue weighted by molar-refractivity contribution is 14.1. The Kier molecular flexibility index (Phi) is 6.88. The number of halogens is 2. The fraction of sp³-hybridized carbons (Fsp3) is 0.100. The standard InChI is InChI=1S/C20H13ClINO3S2/c1-3-8-26-18-15(22)9-12(10-16(18)25-2)11-17-19(24)23(20(27)28-17)14-6-4-13(21)5-7-14/h1,4-7,9-11H,8H2,2H3/b17-11-. The first-order valence-corrected chi connectivity index (χ1v) is 10.6. The van der Waals surface area contributed by atoms with Crippen molar-refractivity contribution in [1.29, 1.82) is 0 Å². The van der Waals surface area contributed by atoms with Crippen molar-refractivity contribution >= 4 is 80.2 Å². The number of thioether (sulfide) groups is 1. The summed E-state index contributed by atoms with van der Waals surface area (Å²) in [5.41, 5.74) is 1.48. The van der Waals surface area contributed by atoms with Crippen LogP contribution in [0.25, 0.3) is 6.08 Å². The summed E-state index contributed by atoms with van der Waals surface area (Å²) in [6.07, 6.45) is 7.04. The average Bonchev–Trinajstić information content (AvgIpc) is 2.94. The summed E-state index contributed by atoms with van der Waals surface area (Å²) in [6.45, 7) is 0.144. The van der Waals surface area contributed by atoms with Crippen LogP contribution in [0.2, 0.25) is 5.02 Å². The van der Waals surface area contributed by atoms with Crippen molar-refractivity contribution in [2.75, 3.05) is 18.6 Å². The molecule has 0 saturated carbocycles. The van der Waals surface area contributed by atoms with Crippen LogP contribution in [0.1, 0.15) is 5.56 Å². The van der Waals surface area contributed by atoms with Gasteiger partial charge in [0.05, 0.1) is 21.3 Å². The number of benzene rings is 2. The summed E-state index contributed by atoms with van der Waals surface area (Å²) >= 11 is 14.7. The molecule has 3 rings (SSSR count). The Labute approximate surface area is 191 Å². The molecule has 1 aliphatic heterocycles. The third-order valence-corrected chi connectivity index (χ3v) is 6.08. The zero-order valence-electron chi connectivity index (χ0n) is 14.6. The van der Waals surface area contributed by atoms with Crippen molar-refractivity contribution in [3.8, 4) is 23.8 Å². The van der Waals surface area contributed by atoms with E-state index in [-0.39, 0.29) is 12.5 Å². The summed E-state index contributed by atoms with van der Waals surface area (Å²) in [6, 6.07) is 10.7. The number of carbonyl (C=O) groups is 1. The maximum atomic E-state index is 12.9. The summed E-state index contributed by atoms with van der Waals surface area (Å²) in [4.78, 5) is 14.9. The molecule has 0 unspecified atom stereocenters. The van der Waals surface area contributed by atoms with Crippen LogP contribution in [0.3, 0.4) is 0 Å². The number of methoxy groups -OCH3 is 1. The third kappa shape index (κ3) is 4.46. The summed E-state index contributed by atoms with van der Waals surface area (Å²) in [5.74, 6) is 3.37. The van der Waals surface area contributed by atoms with Gasteiger partial charge in [-0.05, 0) is 70.6 Å². The predicted molar refractivity (Wildman–Crippen MR) is 127 cm³/mol. The van der Waals surface area contributed by atoms with Gasteiger partial charge in [0.25, 0.3) is 5.91 Å². The van der Waals surface area contributed by atoms with E-state index in [1.54, 1.807) is 43.5 Å². The maximum absolute atomic E-state index is 12.9. The first-order valence-electron chi connectivity index (χ1n) is 7.92. The van der Waals surface area contributed by atoms with Crippen molar-refractivity contribution in [1.82, 2.24) is 0 Å². The molecule has 8 heteroatoms. The molecule has 4 nitrogen and oxygen atoms in total. The fourth-order valence-corrected chi connectivity index (χ4v) is 4.71. The molecule has 142 valence electrons. The second-order valence-corrected chi connectivity index (χ2v) is 8.79. The highest BCUT2D eigenvalue weighted by Gasteiger charge is 2.33. The Balaban J connectivity index is 1.92. The molecule has 2 aromatic carbocycles. The molecule has 1 amide bonds. The normalized spacial score (nSPS) is 15.1. The number of hydrogen-bond donors (Lipinski definition) is 0. The second kappa shape index (κ2) is 9.18. The topological polar surface area (TPSA) is 38.8 Å². The van der Waals surface area contributed by atoms with E-state index in [0.717, 1.165) is 9.13 Å². The van der Waals surface area contributed by atoms with E-state index < -0.39 is 0 Å². The predicted octanol–water partition coefficient (Wildman–Crippen LogP) is 5.37. The molecule has 1 aliphatic rings. The minimum Gasteiger partial charge on any atom is -0.493 e. The highest BCUT2D eigenvalue weighted by Crippen LogP contribution is 2.39. The highest BCUT2D eigenvalue weighted by atomic mass is 127. The number of thiocarbonyl (C=S) groups is 1. The van der Waals surface area contributed by atoms with Crippen LogP contribution in [0.4, 0.5) is 5.69 Å². The number of hydrogen-bond acceptors (Lipinski definition) is 5. The number of ether oxygens (including phenoxy) is 2. The third-order valence-electron chi connectivity index (χ3n) is 3.73. The summed E-state index contributed by atoms with van der Waals surface area (Å²) in [5, 5.41) is 0.596. The van der Waals surface area contributed by atoms with Gasteiger partial charge in [-0.15, -0.1) is 6.42 Å². The lowest BCUT2D eigenvalue weighted by Gasteiger charge is -2.14. The second-order valence-electron chi connectivity index (χ2n) is 5.52. The molecule has 1 saturated heterocycles. The molecule has 0 bridgehead atoms. The van der Waals surface area contributed by atoms with Crippen molar-refractivity contribution < 1.29 is 14.3 Å². The van der Waals surface area contributed by atoms with E-state index in [1.807, 2.05) is 6.07 Å². The minimum atomic E-state index is -0.182. The van der Waals surface area contributed by atoms with Gasteiger partial charge < -0.3 is 9.47 Å². The molecule has 0 radical (unpaired) electrons. The Morgan fingerprint density at radius 1 is 1.36 bits per heavy atom. The van der Waals surface area contributed by atoms with Crippen LogP contribution in [0, 0.1) is 15.9 Å². The van der Waals surface area contributed by atoms with Crippen LogP contribution >= 0.6 is 58.2 Å². The molecular weight excluding hydrogens is 529 g/mol. The number of amides is 1. The molecular formula is C20H13ClINO3S2. The van der Waals surface area contributed by atoms with Crippen molar-refractivity contribution in [3.05, 3.63) is 55.5 Å². The van der Waals surface area contributed by atoms with Gasteiger partial charge in [-0.1, -0.05) is 41.5 Å². The monoisotopic (exact) mass is 541 g/mol. The summed E-state index contributed by atoms with van der Waals surface area (Å²) in [7, 11) is 1.55. The van der Waals surface area contributed by atoms with Gasteiger partial charge in [-0.2, -0.15) is 0 Å². The zero-order chi connectivity index (χ0) is 20.3. The maximum Gasteiger partial charge on any atom is 0.270 e. The van der Waals surface area contributed by atoms with Gasteiger partial charge in [0, 0.05) is 5.02 Å². The lowest BCUT2D eigenvalue weighted by atomic mass is 10.1. The van der Waals surface area contributed by atoms with Gasteiger partial charge >= 0.3 is 0 Å². The van der Waals surface area contributed by atoms with Crippen LogP contribution in [-0.4, -0.2) is 23.9 Å². The van der Waals surface area contributed by atoms with Gasteiger partial charge in [0.15, 0.2) is 15.8 Å². The Hall–Kier alpha value is -1.73. The Morgan fingerprint density at radius 3 is 2.71 bits per heavy atom. The smallest absolute Gasteiger partial charge is 0.270 e. The number of anilines is 1. The molecule has 1 heterocycles. The molecule has 0 aromatic heterocycles. The number of terminal acetylenes is 1. The molecule has 0 atom stereocenters. The lowest BCUT2D eigenvalue weighted by molar-refractivity contribution is -0.113. The van der Waals surface area contributed by atoms with E-state index in [1.165, 1.54) is 16.7 Å². The summed E-state index contributed by atoms with van der Waals surface area (Å²) < 4.78 is 12.3. The lowest BCUT2D eigenvalue weighted by Crippen LogP contribution is -2.27. The van der Waals surface area contributed by atoms with Gasteiger partial charge in [0.2, 0.25) is 0 Å². The van der Waals surface area contributed by atoms with Crippen LogP contribution in [0.5, 0.6) is 11.5 Å². The molecule has 28 heavy (non-hydrogen) atoms. The number of nitrogens with zero attached hydrogens (tertiary/aromatic N) is 1. The average molecular weight is 542 g/mol. The van der Waals surface area contributed by atoms with E-state index in [4.69, 9.17) is 39.7 Å². The largest absolute Gasteiger partial charge is 0.493 e. The van der Waals surface area contributed by atoms with Crippen LogP contribution in [-0.2, 0) is 4.79 Å². The van der Waals surface area contributed by atoms with Crippen molar-refractivity contribution in [3.63, 3.8) is 0 Å². The van der Waals surface area contributed by atoms with E-state index in [9.17, 15) is 4.79 Å². The molecule has 0 spiro atoms. The quantitative estimate of drug-likeness (QED) is 0.220. The molecule has 0 N–H and O–H groups in total. The van der Waals surface area contributed by atoms with Crippen LogP contribution in [0.15, 0.2) is 41.3 Å². The Morgan fingerprint density at radius 2 is 2.07 bits per heavy atom. The van der Waals surface area contributed by atoms with Gasteiger partial charge in [-0.25, -0.2) is 0 Å². The van der Waals surface area contributed by atoms with Gasteiger partial charge in [-0.3, -0.25) is 9.69 Å². The minimum absolute atomic E-state index is 0.144.